The molecule has 0 atom stereocenters. The molecule has 0 rings (SSSR count). The number of nitrogens with one attached hydrogen (secondary N) is 2. The minimum atomic E-state index is -1.16. The van der Waals surface area contributed by atoms with E-state index in [4.69, 9.17) is 10.5 Å². The number of nitrogens with zero attached hydrogens (tertiary/aromatic N) is 1. The predicted octanol–water partition coefficient (Wildman–Crippen LogP) is 2.24. The van der Waals surface area contributed by atoms with Gasteiger partial charge in [-0.3, -0.25) is 4.48 Å². The Labute approximate surface area is 97.5 Å². The van der Waals surface area contributed by atoms with E-state index in [-0.39, 0.29) is 5.96 Å². The number of quaternary nitrogens is 1. The lowest BCUT2D eigenvalue weighted by Crippen LogP contribution is -2.53. The van der Waals surface area contributed by atoms with Crippen molar-refractivity contribution in [2.45, 2.75) is 39.0 Å². The number of amides is 1. The van der Waals surface area contributed by atoms with Gasteiger partial charge >= 0.3 is 12.1 Å². The molecule has 0 unspecified atom stereocenters. The molecule has 0 aromatic rings. The van der Waals surface area contributed by atoms with E-state index in [1.807, 2.05) is 14.1 Å². The highest BCUT2D eigenvalue weighted by molar-refractivity contribution is 5.87. The molecule has 3 N–H and O–H groups in total. The molecule has 94 valence electrons. The van der Waals surface area contributed by atoms with Crippen LogP contribution in [-0.2, 0) is 0 Å². The van der Waals surface area contributed by atoms with Gasteiger partial charge in [0.15, 0.2) is 0 Å². The Kier molecular flexibility index (Phi) is 6.72. The molecule has 0 saturated heterocycles. The van der Waals surface area contributed by atoms with Crippen molar-refractivity contribution in [1.82, 2.24) is 5.32 Å². The molecule has 0 aliphatic carbocycles. The largest absolute Gasteiger partial charge is 0.465 e. The van der Waals surface area contributed by atoms with Crippen LogP contribution in [0.5, 0.6) is 0 Å². The summed E-state index contributed by atoms with van der Waals surface area (Å²) in [6, 6.07) is 0. The minimum absolute atomic E-state index is 0.0305. The molecular weight excluding hydrogens is 206 g/mol. The second-order valence-electron chi connectivity index (χ2n) is 4.60. The molecule has 16 heavy (non-hydrogen) atoms. The second kappa shape index (κ2) is 7.22. The van der Waals surface area contributed by atoms with Gasteiger partial charge in [-0.1, -0.05) is 26.2 Å². The van der Waals surface area contributed by atoms with Gasteiger partial charge in [-0.15, -0.1) is 0 Å². The maximum absolute atomic E-state index is 10.4. The van der Waals surface area contributed by atoms with E-state index in [0.29, 0.717) is 4.48 Å². The average molecular weight is 230 g/mol. The molecule has 0 bridgehead atoms. The smallest absolute Gasteiger partial charge is 0.414 e. The molecule has 0 aliphatic heterocycles. The highest BCUT2D eigenvalue weighted by Gasteiger charge is 2.23. The summed E-state index contributed by atoms with van der Waals surface area (Å²) < 4.78 is 0.290. The molecule has 0 aromatic heterocycles. The lowest BCUT2D eigenvalue weighted by Gasteiger charge is -2.28. The van der Waals surface area contributed by atoms with E-state index >= 15 is 0 Å². The van der Waals surface area contributed by atoms with Gasteiger partial charge in [-0.25, -0.2) is 15.5 Å². The molecule has 1 amide bonds. The van der Waals surface area contributed by atoms with Crippen molar-refractivity contribution >= 4 is 12.1 Å². The van der Waals surface area contributed by atoms with Crippen molar-refractivity contribution < 1.29 is 14.4 Å². The number of carbonyl (C=O) groups is 1. The summed E-state index contributed by atoms with van der Waals surface area (Å²) in [5, 5.41) is 18.3. The fourth-order valence-electron chi connectivity index (χ4n) is 1.48. The molecule has 0 radical (unpaired) electrons. The van der Waals surface area contributed by atoms with Crippen LogP contribution in [0.15, 0.2) is 0 Å². The minimum Gasteiger partial charge on any atom is -0.465 e. The van der Waals surface area contributed by atoms with Crippen LogP contribution in [0.4, 0.5) is 4.79 Å². The maximum Gasteiger partial charge on any atom is 0.414 e. The lowest BCUT2D eigenvalue weighted by molar-refractivity contribution is -0.802. The highest BCUT2D eigenvalue weighted by atomic mass is 16.4. The Morgan fingerprint density at radius 2 is 1.81 bits per heavy atom. The summed E-state index contributed by atoms with van der Waals surface area (Å²) in [5.41, 5.74) is 0. The molecule has 5 nitrogen and oxygen atoms in total. The molecule has 5 heteroatoms. The summed E-state index contributed by atoms with van der Waals surface area (Å²) >= 11 is 0. The summed E-state index contributed by atoms with van der Waals surface area (Å²) in [6.07, 6.45) is 4.69. The maximum atomic E-state index is 10.4. The molecule has 0 saturated carbocycles. The van der Waals surface area contributed by atoms with Crippen molar-refractivity contribution in [2.24, 2.45) is 0 Å². The fourth-order valence-corrected chi connectivity index (χ4v) is 1.48. The SMILES string of the molecule is CCCCCCC[N+](C)(C)C(=N)NC(=O)O. The van der Waals surface area contributed by atoms with Gasteiger partial charge in [0, 0.05) is 0 Å². The van der Waals surface area contributed by atoms with Crippen molar-refractivity contribution in [1.29, 1.82) is 5.41 Å². The van der Waals surface area contributed by atoms with Gasteiger partial charge < -0.3 is 5.11 Å². The van der Waals surface area contributed by atoms with Gasteiger partial charge in [0.2, 0.25) is 0 Å². The first-order valence-corrected chi connectivity index (χ1v) is 5.82. The summed E-state index contributed by atoms with van der Waals surface area (Å²) in [7, 11) is 3.69. The normalized spacial score (nSPS) is 11.2. The van der Waals surface area contributed by atoms with Crippen LogP contribution in [0, 0.1) is 5.41 Å². The van der Waals surface area contributed by atoms with Crippen LogP contribution < -0.4 is 5.32 Å². The molecule has 0 aliphatic rings. The van der Waals surface area contributed by atoms with Crippen LogP contribution in [0.1, 0.15) is 39.0 Å². The zero-order valence-corrected chi connectivity index (χ0v) is 10.5. The highest BCUT2D eigenvalue weighted by Crippen LogP contribution is 2.06. The van der Waals surface area contributed by atoms with E-state index in [2.05, 4.69) is 12.2 Å². The summed E-state index contributed by atoms with van der Waals surface area (Å²) in [4.78, 5) is 10.4. The van der Waals surface area contributed by atoms with Gasteiger partial charge in [-0.05, 0) is 12.8 Å². The third-order valence-electron chi connectivity index (χ3n) is 2.65. The van der Waals surface area contributed by atoms with Crippen molar-refractivity contribution in [3.8, 4) is 0 Å². The number of hydrogen-bond acceptors (Lipinski definition) is 2. The second-order valence-corrected chi connectivity index (χ2v) is 4.60. The fraction of sp³-hybridized carbons (Fsp3) is 0.818. The lowest BCUT2D eigenvalue weighted by atomic mass is 10.1. The van der Waals surface area contributed by atoms with Crippen molar-refractivity contribution in [2.75, 3.05) is 20.6 Å². The van der Waals surface area contributed by atoms with Gasteiger partial charge in [0.25, 0.3) is 0 Å². The zero-order chi connectivity index (χ0) is 12.6. The van der Waals surface area contributed by atoms with Crippen LogP contribution in [-0.4, -0.2) is 42.3 Å². The van der Waals surface area contributed by atoms with Crippen molar-refractivity contribution in [3.63, 3.8) is 0 Å². The Hall–Kier alpha value is -1.10. The summed E-state index contributed by atoms with van der Waals surface area (Å²) in [5.74, 6) is 0.0305. The van der Waals surface area contributed by atoms with E-state index in [0.717, 1.165) is 19.4 Å². The topological polar surface area (TPSA) is 73.2 Å². The number of rotatable bonds is 6. The Morgan fingerprint density at radius 1 is 1.25 bits per heavy atom. The number of guanidine groups is 1. The molecule has 0 heterocycles. The van der Waals surface area contributed by atoms with E-state index < -0.39 is 6.09 Å². The van der Waals surface area contributed by atoms with Crippen molar-refractivity contribution in [3.05, 3.63) is 0 Å². The predicted molar refractivity (Wildman–Crippen MR) is 64.6 cm³/mol. The van der Waals surface area contributed by atoms with Gasteiger partial charge in [-0.2, -0.15) is 0 Å². The van der Waals surface area contributed by atoms with Gasteiger partial charge in [0.1, 0.15) is 0 Å². The Balaban J connectivity index is 3.85. The van der Waals surface area contributed by atoms with E-state index in [9.17, 15) is 4.79 Å². The third kappa shape index (κ3) is 6.40. The van der Waals surface area contributed by atoms with E-state index in [1.165, 1.54) is 19.3 Å². The number of hydrogen-bond donors (Lipinski definition) is 3. The third-order valence-corrected chi connectivity index (χ3v) is 2.65. The molecular formula is C11H24N3O2+. The number of unbranched alkanes of at least 4 members (excludes halogenated alkanes) is 4. The Bertz CT molecular complexity index is 239. The number of carboxylic acid groups (broad SMARTS) is 1. The van der Waals surface area contributed by atoms with E-state index in [1.54, 1.807) is 0 Å². The molecule has 0 spiro atoms. The monoisotopic (exact) mass is 230 g/mol. The first-order chi connectivity index (χ1) is 7.40. The zero-order valence-electron chi connectivity index (χ0n) is 10.5. The van der Waals surface area contributed by atoms with Crippen LogP contribution in [0.2, 0.25) is 0 Å². The Morgan fingerprint density at radius 3 is 2.31 bits per heavy atom. The first kappa shape index (κ1) is 14.9. The standard InChI is InChI=1S/C11H23N3O2/c1-4-5-6-7-8-9-14(2,3)10(12)13-11(15)16/h4-9H2,1-3H3,(H2-,12,13,15,16)/p+1. The quantitative estimate of drug-likeness (QED) is 0.283. The summed E-state index contributed by atoms with van der Waals surface area (Å²) in [6.45, 7) is 2.97. The molecule has 0 fully saturated rings. The average Bonchev–Trinajstić information content (AvgIpc) is 2.16. The van der Waals surface area contributed by atoms with Gasteiger partial charge in [0.05, 0.1) is 20.6 Å². The van der Waals surface area contributed by atoms with Crippen LogP contribution >= 0.6 is 0 Å². The van der Waals surface area contributed by atoms with Crippen LogP contribution in [0.25, 0.3) is 0 Å². The molecule has 0 aromatic carbocycles. The van der Waals surface area contributed by atoms with Crippen LogP contribution in [0.3, 0.4) is 0 Å². The first-order valence-electron chi connectivity index (χ1n) is 5.82.